The highest BCUT2D eigenvalue weighted by atomic mass is 35.5. The summed E-state index contributed by atoms with van der Waals surface area (Å²) in [5, 5.41) is 11.1. The summed E-state index contributed by atoms with van der Waals surface area (Å²) in [5.41, 5.74) is 6.89. The van der Waals surface area contributed by atoms with E-state index in [9.17, 15) is 18.5 Å². The molecule has 1 fully saturated rings. The number of hydrogen-bond acceptors (Lipinski definition) is 5. The Morgan fingerprint density at radius 1 is 1.33 bits per heavy atom. The number of piperidine rings is 1. The van der Waals surface area contributed by atoms with Crippen LogP contribution in [0.3, 0.4) is 0 Å². The van der Waals surface area contributed by atoms with Crippen LogP contribution in [0.2, 0.25) is 0 Å². The van der Waals surface area contributed by atoms with Crippen molar-refractivity contribution in [3.8, 4) is 0 Å². The summed E-state index contributed by atoms with van der Waals surface area (Å²) in [6.07, 6.45) is 2.42. The number of hydrogen-bond donors (Lipinski definition) is 1. The van der Waals surface area contributed by atoms with Crippen molar-refractivity contribution in [3.05, 3.63) is 33.4 Å². The molecule has 1 saturated heterocycles. The van der Waals surface area contributed by atoms with Gasteiger partial charge in [-0.05, 0) is 44.7 Å². The first-order chi connectivity index (χ1) is 10.7. The fraction of sp³-hybridized carbons (Fsp3) is 0.600. The Morgan fingerprint density at radius 2 is 1.96 bits per heavy atom. The van der Waals surface area contributed by atoms with E-state index in [1.54, 1.807) is 20.8 Å². The summed E-state index contributed by atoms with van der Waals surface area (Å²) in [5.74, 6) is 0. The number of benzene rings is 1. The first-order valence-corrected chi connectivity index (χ1v) is 9.13. The Kier molecular flexibility index (Phi) is 6.75. The van der Waals surface area contributed by atoms with Crippen LogP contribution < -0.4 is 5.73 Å². The van der Waals surface area contributed by atoms with Gasteiger partial charge in [0.05, 0.1) is 9.82 Å². The molecule has 0 aromatic heterocycles. The lowest BCUT2D eigenvalue weighted by Gasteiger charge is -2.37. The Labute approximate surface area is 148 Å². The van der Waals surface area contributed by atoms with Crippen molar-refractivity contribution in [2.75, 3.05) is 6.54 Å². The molecule has 0 radical (unpaired) electrons. The van der Waals surface area contributed by atoms with E-state index in [2.05, 4.69) is 0 Å². The first-order valence-electron chi connectivity index (χ1n) is 7.69. The summed E-state index contributed by atoms with van der Waals surface area (Å²) >= 11 is 0. The van der Waals surface area contributed by atoms with Gasteiger partial charge in [-0.1, -0.05) is 6.42 Å². The normalized spacial score (nSPS) is 20.2. The van der Waals surface area contributed by atoms with E-state index in [1.807, 2.05) is 0 Å². The number of halogens is 1. The van der Waals surface area contributed by atoms with Gasteiger partial charge in [-0.2, -0.15) is 4.31 Å². The van der Waals surface area contributed by atoms with Crippen LogP contribution in [0, 0.1) is 24.0 Å². The highest BCUT2D eigenvalue weighted by molar-refractivity contribution is 7.89. The number of aryl methyl sites for hydroxylation is 1. The molecular formula is C15H24ClN3O4S. The number of nitrogens with zero attached hydrogens (tertiary/aromatic N) is 2. The lowest BCUT2D eigenvalue weighted by atomic mass is 10.00. The predicted octanol–water partition coefficient (Wildman–Crippen LogP) is 2.52. The molecule has 0 saturated carbocycles. The van der Waals surface area contributed by atoms with Crippen LogP contribution in [0.1, 0.15) is 37.3 Å². The second-order valence-corrected chi connectivity index (χ2v) is 8.04. The van der Waals surface area contributed by atoms with Gasteiger partial charge in [-0.15, -0.1) is 12.4 Å². The van der Waals surface area contributed by atoms with Crippen LogP contribution >= 0.6 is 12.4 Å². The number of nitro groups is 1. The van der Waals surface area contributed by atoms with Crippen molar-refractivity contribution in [1.29, 1.82) is 0 Å². The van der Waals surface area contributed by atoms with Crippen LogP contribution in [-0.2, 0) is 10.0 Å². The third kappa shape index (κ3) is 3.88. The molecule has 136 valence electrons. The van der Waals surface area contributed by atoms with Gasteiger partial charge in [0.25, 0.3) is 5.69 Å². The molecule has 9 heteroatoms. The minimum absolute atomic E-state index is 0. The molecule has 0 amide bonds. The van der Waals surface area contributed by atoms with Gasteiger partial charge in [0.2, 0.25) is 10.0 Å². The quantitative estimate of drug-likeness (QED) is 0.640. The average Bonchev–Trinajstić information content (AvgIpc) is 2.49. The van der Waals surface area contributed by atoms with Gasteiger partial charge in [0.15, 0.2) is 0 Å². The molecule has 0 spiro atoms. The van der Waals surface area contributed by atoms with Crippen molar-refractivity contribution >= 4 is 28.1 Å². The van der Waals surface area contributed by atoms with Gasteiger partial charge < -0.3 is 5.73 Å². The Bertz CT molecular complexity index is 722. The standard InChI is InChI=1S/C15H23N3O4S.ClH/c1-10-8-13(18(19)20)9-15(11(10)2)23(21,22)17-7-5-4-6-14(17)12(3)16;/h8-9,12,14H,4-7,16H2,1-3H3;1H. The van der Waals surface area contributed by atoms with E-state index in [0.29, 0.717) is 24.1 Å². The van der Waals surface area contributed by atoms with Crippen molar-refractivity contribution in [1.82, 2.24) is 4.31 Å². The zero-order valence-electron chi connectivity index (χ0n) is 14.1. The van der Waals surface area contributed by atoms with Gasteiger partial charge in [-0.3, -0.25) is 10.1 Å². The van der Waals surface area contributed by atoms with Crippen LogP contribution in [0.5, 0.6) is 0 Å². The van der Waals surface area contributed by atoms with E-state index < -0.39 is 14.9 Å². The van der Waals surface area contributed by atoms with Crippen LogP contribution in [-0.4, -0.2) is 36.3 Å². The van der Waals surface area contributed by atoms with E-state index in [-0.39, 0.29) is 35.1 Å². The summed E-state index contributed by atoms with van der Waals surface area (Å²) in [4.78, 5) is 10.5. The van der Waals surface area contributed by atoms with Gasteiger partial charge in [-0.25, -0.2) is 8.42 Å². The molecule has 1 aliphatic rings. The van der Waals surface area contributed by atoms with E-state index in [0.717, 1.165) is 18.9 Å². The van der Waals surface area contributed by atoms with Crippen molar-refractivity contribution in [3.63, 3.8) is 0 Å². The molecule has 1 aromatic carbocycles. The number of non-ortho nitro benzene ring substituents is 1. The molecule has 1 heterocycles. The molecule has 24 heavy (non-hydrogen) atoms. The molecule has 2 rings (SSSR count). The molecule has 7 nitrogen and oxygen atoms in total. The Morgan fingerprint density at radius 3 is 2.50 bits per heavy atom. The lowest BCUT2D eigenvalue weighted by Crippen LogP contribution is -2.51. The number of nitrogens with two attached hydrogens (primary N) is 1. The van der Waals surface area contributed by atoms with Crippen molar-refractivity contribution in [2.24, 2.45) is 5.73 Å². The zero-order chi connectivity index (χ0) is 17.4. The number of sulfonamides is 1. The summed E-state index contributed by atoms with van der Waals surface area (Å²) < 4.78 is 27.6. The zero-order valence-corrected chi connectivity index (χ0v) is 15.7. The van der Waals surface area contributed by atoms with Gasteiger partial charge >= 0.3 is 0 Å². The third-order valence-corrected chi connectivity index (χ3v) is 6.56. The van der Waals surface area contributed by atoms with Crippen LogP contribution in [0.25, 0.3) is 0 Å². The SMILES string of the molecule is Cc1cc([N+](=O)[O-])cc(S(=O)(=O)N2CCCCC2C(C)N)c1C.Cl. The maximum Gasteiger partial charge on any atom is 0.271 e. The van der Waals surface area contributed by atoms with Gasteiger partial charge in [0, 0.05) is 30.8 Å². The fourth-order valence-electron chi connectivity index (χ4n) is 3.06. The van der Waals surface area contributed by atoms with E-state index in [1.165, 1.54) is 10.4 Å². The van der Waals surface area contributed by atoms with E-state index in [4.69, 9.17) is 5.73 Å². The number of nitro benzene ring substituents is 1. The average molecular weight is 378 g/mol. The molecule has 0 bridgehead atoms. The smallest absolute Gasteiger partial charge is 0.271 e. The minimum Gasteiger partial charge on any atom is -0.326 e. The van der Waals surface area contributed by atoms with E-state index >= 15 is 0 Å². The Balaban J connectivity index is 0.00000288. The van der Waals surface area contributed by atoms with Crippen LogP contribution in [0.15, 0.2) is 17.0 Å². The molecule has 2 N–H and O–H groups in total. The number of rotatable bonds is 4. The second-order valence-electron chi connectivity index (χ2n) is 6.18. The molecule has 1 aliphatic heterocycles. The van der Waals surface area contributed by atoms with Gasteiger partial charge in [0.1, 0.15) is 0 Å². The first kappa shape index (κ1) is 20.8. The predicted molar refractivity (Wildman–Crippen MR) is 95.0 cm³/mol. The molecular weight excluding hydrogens is 354 g/mol. The monoisotopic (exact) mass is 377 g/mol. The lowest BCUT2D eigenvalue weighted by molar-refractivity contribution is -0.385. The fourth-order valence-corrected chi connectivity index (χ4v) is 5.16. The molecule has 2 atom stereocenters. The maximum atomic E-state index is 13.1. The second kappa shape index (κ2) is 7.77. The highest BCUT2D eigenvalue weighted by Gasteiger charge is 2.37. The van der Waals surface area contributed by atoms with Crippen molar-refractivity contribution < 1.29 is 13.3 Å². The maximum absolute atomic E-state index is 13.1. The summed E-state index contributed by atoms with van der Waals surface area (Å²) in [7, 11) is -3.82. The summed E-state index contributed by atoms with van der Waals surface area (Å²) in [6.45, 7) is 5.55. The minimum atomic E-state index is -3.82. The van der Waals surface area contributed by atoms with Crippen LogP contribution in [0.4, 0.5) is 5.69 Å². The third-order valence-electron chi connectivity index (χ3n) is 4.51. The Hall–Kier alpha value is -1.22. The summed E-state index contributed by atoms with van der Waals surface area (Å²) in [6, 6.07) is 2.00. The molecule has 2 unspecified atom stereocenters. The van der Waals surface area contributed by atoms with Crippen molar-refractivity contribution in [2.45, 2.75) is 57.0 Å². The topological polar surface area (TPSA) is 107 Å². The molecule has 1 aromatic rings. The molecule has 0 aliphatic carbocycles. The highest BCUT2D eigenvalue weighted by Crippen LogP contribution is 2.31. The largest absolute Gasteiger partial charge is 0.326 e.